The van der Waals surface area contributed by atoms with Crippen molar-refractivity contribution in [3.8, 4) is 6.07 Å². The normalized spacial score (nSPS) is 19.9. The molecule has 1 aliphatic heterocycles. The molecule has 1 aromatic carbocycles. The van der Waals surface area contributed by atoms with Crippen molar-refractivity contribution in [3.63, 3.8) is 0 Å². The van der Waals surface area contributed by atoms with Crippen LogP contribution in [0.15, 0.2) is 23.1 Å². The lowest BCUT2D eigenvalue weighted by molar-refractivity contribution is -0.387. The van der Waals surface area contributed by atoms with Crippen LogP contribution in [0.2, 0.25) is 0 Å². The Balaban J connectivity index is 2.47. The van der Waals surface area contributed by atoms with Crippen LogP contribution in [0.3, 0.4) is 0 Å². The molecular weight excluding hydrogens is 300 g/mol. The number of sulfonamides is 1. The maximum Gasteiger partial charge on any atom is 0.289 e. The van der Waals surface area contributed by atoms with E-state index in [1.54, 1.807) is 0 Å². The van der Waals surface area contributed by atoms with Crippen LogP contribution >= 0.6 is 0 Å². The van der Waals surface area contributed by atoms with E-state index >= 15 is 0 Å². The molecule has 0 saturated carbocycles. The molecule has 1 aliphatic rings. The Morgan fingerprint density at radius 1 is 1.52 bits per heavy atom. The van der Waals surface area contributed by atoms with Crippen molar-refractivity contribution in [2.45, 2.75) is 11.0 Å². The fraction of sp³-hybridized carbons (Fsp3) is 0.364. The van der Waals surface area contributed by atoms with E-state index in [2.05, 4.69) is 0 Å². The minimum absolute atomic E-state index is 0.0203. The number of nitriles is 1. The summed E-state index contributed by atoms with van der Waals surface area (Å²) < 4.78 is 31.1. The molecule has 0 aromatic heterocycles. The average Bonchev–Trinajstić information content (AvgIpc) is 2.46. The molecular formula is C11H12N4O5S. The molecule has 1 unspecified atom stereocenters. The second-order valence-corrected chi connectivity index (χ2v) is 6.24. The molecule has 1 saturated heterocycles. The van der Waals surface area contributed by atoms with Crippen molar-refractivity contribution in [1.82, 2.24) is 4.31 Å². The summed E-state index contributed by atoms with van der Waals surface area (Å²) >= 11 is 0. The Labute approximate surface area is 120 Å². The molecule has 0 bridgehead atoms. The first-order valence-electron chi connectivity index (χ1n) is 5.91. The molecule has 2 N–H and O–H groups in total. The Bertz CT molecular complexity index is 712. The van der Waals surface area contributed by atoms with Crippen molar-refractivity contribution in [1.29, 1.82) is 5.26 Å². The van der Waals surface area contributed by atoms with Gasteiger partial charge in [0, 0.05) is 18.3 Å². The molecule has 0 spiro atoms. The Kier molecular flexibility index (Phi) is 4.08. The number of nitrogens with zero attached hydrogens (tertiary/aromatic N) is 3. The third-order valence-corrected chi connectivity index (χ3v) is 4.87. The van der Waals surface area contributed by atoms with E-state index in [4.69, 9.17) is 15.7 Å². The SMILES string of the molecule is N#CC1CN(S(=O)(=O)c2cc(N)ccc2[N+](=O)[O-])CCO1. The lowest BCUT2D eigenvalue weighted by Gasteiger charge is -2.28. The first-order valence-corrected chi connectivity index (χ1v) is 7.35. The molecule has 9 nitrogen and oxygen atoms in total. The summed E-state index contributed by atoms with van der Waals surface area (Å²) in [6, 6.07) is 5.17. The van der Waals surface area contributed by atoms with E-state index in [-0.39, 0.29) is 25.4 Å². The van der Waals surface area contributed by atoms with E-state index in [1.807, 2.05) is 6.07 Å². The molecule has 10 heteroatoms. The number of rotatable bonds is 3. The Morgan fingerprint density at radius 2 is 2.24 bits per heavy atom. The average molecular weight is 312 g/mol. The van der Waals surface area contributed by atoms with Gasteiger partial charge in [-0.3, -0.25) is 10.1 Å². The van der Waals surface area contributed by atoms with Crippen LogP contribution in [0.1, 0.15) is 0 Å². The summed E-state index contributed by atoms with van der Waals surface area (Å²) in [5.41, 5.74) is 5.07. The van der Waals surface area contributed by atoms with Gasteiger partial charge in [0.2, 0.25) is 10.0 Å². The second kappa shape index (κ2) is 5.65. The topological polar surface area (TPSA) is 140 Å². The molecule has 0 aliphatic carbocycles. The molecule has 1 aromatic rings. The minimum atomic E-state index is -4.12. The van der Waals surface area contributed by atoms with Gasteiger partial charge in [-0.25, -0.2) is 8.42 Å². The summed E-state index contributed by atoms with van der Waals surface area (Å²) in [6.07, 6.45) is -0.895. The number of morpholine rings is 1. The van der Waals surface area contributed by atoms with Gasteiger partial charge < -0.3 is 10.5 Å². The minimum Gasteiger partial charge on any atom is -0.399 e. The zero-order chi connectivity index (χ0) is 15.6. The fourth-order valence-corrected chi connectivity index (χ4v) is 3.57. The van der Waals surface area contributed by atoms with Crippen molar-refractivity contribution in [3.05, 3.63) is 28.3 Å². The summed E-state index contributed by atoms with van der Waals surface area (Å²) in [5.74, 6) is 0. The number of nitro groups is 1. The van der Waals surface area contributed by atoms with Gasteiger partial charge in [-0.15, -0.1) is 0 Å². The van der Waals surface area contributed by atoms with Crippen LogP contribution in [0.4, 0.5) is 11.4 Å². The van der Waals surface area contributed by atoms with Gasteiger partial charge in [0.15, 0.2) is 11.0 Å². The van der Waals surface area contributed by atoms with E-state index in [9.17, 15) is 18.5 Å². The van der Waals surface area contributed by atoms with Gasteiger partial charge in [-0.1, -0.05) is 0 Å². The number of hydrogen-bond donors (Lipinski definition) is 1. The quantitative estimate of drug-likeness (QED) is 0.474. The number of ether oxygens (including phenoxy) is 1. The number of nitrogen functional groups attached to an aromatic ring is 1. The summed E-state index contributed by atoms with van der Waals surface area (Å²) in [7, 11) is -4.12. The smallest absolute Gasteiger partial charge is 0.289 e. The number of hydrogen-bond acceptors (Lipinski definition) is 7. The van der Waals surface area contributed by atoms with E-state index in [0.29, 0.717) is 0 Å². The van der Waals surface area contributed by atoms with Gasteiger partial charge in [0.05, 0.1) is 24.1 Å². The molecule has 21 heavy (non-hydrogen) atoms. The van der Waals surface area contributed by atoms with E-state index < -0.39 is 31.6 Å². The molecule has 112 valence electrons. The van der Waals surface area contributed by atoms with Gasteiger partial charge >= 0.3 is 0 Å². The van der Waals surface area contributed by atoms with Crippen LogP contribution in [0.5, 0.6) is 0 Å². The number of anilines is 1. The highest BCUT2D eigenvalue weighted by atomic mass is 32.2. The zero-order valence-corrected chi connectivity index (χ0v) is 11.6. The van der Waals surface area contributed by atoms with Crippen molar-refractivity contribution in [2.24, 2.45) is 0 Å². The summed E-state index contributed by atoms with van der Waals surface area (Å²) in [6.45, 7) is -0.106. The second-order valence-electron chi connectivity index (χ2n) is 4.34. The maximum atomic E-state index is 12.5. The van der Waals surface area contributed by atoms with E-state index in [1.165, 1.54) is 6.07 Å². The zero-order valence-electron chi connectivity index (χ0n) is 10.8. The highest BCUT2D eigenvalue weighted by molar-refractivity contribution is 7.89. The molecule has 1 heterocycles. The number of benzene rings is 1. The van der Waals surface area contributed by atoms with Crippen LogP contribution in [-0.4, -0.2) is 43.4 Å². The maximum absolute atomic E-state index is 12.5. The third-order valence-electron chi connectivity index (χ3n) is 2.97. The first-order chi connectivity index (χ1) is 9.86. The molecule has 0 amide bonds. The van der Waals surface area contributed by atoms with Crippen LogP contribution in [-0.2, 0) is 14.8 Å². The lowest BCUT2D eigenvalue weighted by Crippen LogP contribution is -2.45. The largest absolute Gasteiger partial charge is 0.399 e. The molecule has 2 rings (SSSR count). The standard InChI is InChI=1S/C11H12N4O5S/c12-6-9-7-14(3-4-20-9)21(18,19)11-5-8(13)1-2-10(11)15(16)17/h1-2,5,9H,3-4,7,13H2. The number of nitrogens with two attached hydrogens (primary N) is 1. The summed E-state index contributed by atoms with van der Waals surface area (Å²) in [4.78, 5) is 9.72. The van der Waals surface area contributed by atoms with Crippen molar-refractivity contribution >= 4 is 21.4 Å². The Morgan fingerprint density at radius 3 is 2.86 bits per heavy atom. The molecule has 1 atom stereocenters. The van der Waals surface area contributed by atoms with Crippen molar-refractivity contribution < 1.29 is 18.1 Å². The van der Waals surface area contributed by atoms with Gasteiger partial charge in [-0.2, -0.15) is 9.57 Å². The molecule has 1 fully saturated rings. The highest BCUT2D eigenvalue weighted by Crippen LogP contribution is 2.29. The van der Waals surface area contributed by atoms with Gasteiger partial charge in [-0.05, 0) is 12.1 Å². The third kappa shape index (κ3) is 2.94. The lowest BCUT2D eigenvalue weighted by atomic mass is 10.3. The van der Waals surface area contributed by atoms with E-state index in [0.717, 1.165) is 16.4 Å². The van der Waals surface area contributed by atoms with Crippen LogP contribution in [0.25, 0.3) is 0 Å². The number of nitro benzene ring substituents is 1. The monoisotopic (exact) mass is 312 g/mol. The predicted molar refractivity (Wildman–Crippen MR) is 71.6 cm³/mol. The fourth-order valence-electron chi connectivity index (χ4n) is 1.95. The van der Waals surface area contributed by atoms with Crippen molar-refractivity contribution in [2.75, 3.05) is 25.4 Å². The van der Waals surface area contributed by atoms with Crippen LogP contribution < -0.4 is 5.73 Å². The van der Waals surface area contributed by atoms with Gasteiger partial charge in [0.25, 0.3) is 5.69 Å². The molecule has 0 radical (unpaired) electrons. The summed E-state index contributed by atoms with van der Waals surface area (Å²) in [5, 5.41) is 19.8. The first kappa shape index (κ1) is 15.2. The highest BCUT2D eigenvalue weighted by Gasteiger charge is 2.35. The van der Waals surface area contributed by atoms with Gasteiger partial charge in [0.1, 0.15) is 0 Å². The predicted octanol–water partition coefficient (Wildman–Crippen LogP) is 0.0901. The Hall–Kier alpha value is -2.22. The van der Waals surface area contributed by atoms with Crippen LogP contribution in [0, 0.1) is 21.4 Å².